The zero-order valence-corrected chi connectivity index (χ0v) is 11.8. The second-order valence-corrected chi connectivity index (χ2v) is 5.55. The fraction of sp³-hybridized carbons (Fsp3) is 0.286. The van der Waals surface area contributed by atoms with E-state index in [9.17, 15) is 4.39 Å². The number of benzene rings is 1. The van der Waals surface area contributed by atoms with E-state index in [2.05, 4.69) is 31.2 Å². The van der Waals surface area contributed by atoms with E-state index in [4.69, 9.17) is 0 Å². The molecule has 98 valence electrons. The number of halogens is 2. The maximum Gasteiger partial charge on any atom is 0.160 e. The van der Waals surface area contributed by atoms with Gasteiger partial charge in [0.25, 0.3) is 0 Å². The Balaban J connectivity index is 1.78. The van der Waals surface area contributed by atoms with Crippen molar-refractivity contribution in [2.24, 2.45) is 0 Å². The van der Waals surface area contributed by atoms with Gasteiger partial charge in [-0.25, -0.2) is 14.4 Å². The first kappa shape index (κ1) is 12.7. The van der Waals surface area contributed by atoms with Crippen LogP contribution in [0.15, 0.2) is 35.1 Å². The first-order valence-electron chi connectivity index (χ1n) is 6.22. The average molecular weight is 322 g/mol. The number of nitrogens with zero attached hydrogens (tertiary/aromatic N) is 2. The molecule has 19 heavy (non-hydrogen) atoms. The molecule has 0 bridgehead atoms. The Labute approximate surface area is 119 Å². The molecule has 1 aromatic heterocycles. The summed E-state index contributed by atoms with van der Waals surface area (Å²) in [6, 6.07) is 5.16. The number of hydrogen-bond donors (Lipinski definition) is 1. The SMILES string of the molecule is Fc1ccc(Br)c(-c2ncc(CNC3CC3)cn2)c1. The quantitative estimate of drug-likeness (QED) is 0.939. The normalized spacial score (nSPS) is 14.6. The zero-order valence-electron chi connectivity index (χ0n) is 10.2. The minimum Gasteiger partial charge on any atom is -0.310 e. The first-order chi connectivity index (χ1) is 9.22. The molecular weight excluding hydrogens is 309 g/mol. The van der Waals surface area contributed by atoms with Gasteiger partial charge in [-0.2, -0.15) is 0 Å². The number of rotatable bonds is 4. The number of nitrogens with one attached hydrogen (secondary N) is 1. The average Bonchev–Trinajstić information content (AvgIpc) is 3.24. The van der Waals surface area contributed by atoms with E-state index in [1.165, 1.54) is 25.0 Å². The summed E-state index contributed by atoms with van der Waals surface area (Å²) < 4.78 is 14.0. The summed E-state index contributed by atoms with van der Waals surface area (Å²) in [5.41, 5.74) is 1.71. The Hall–Kier alpha value is -1.33. The molecule has 0 aliphatic heterocycles. The summed E-state index contributed by atoms with van der Waals surface area (Å²) in [5, 5.41) is 3.40. The molecule has 1 aromatic carbocycles. The second kappa shape index (κ2) is 5.35. The highest BCUT2D eigenvalue weighted by Gasteiger charge is 2.20. The van der Waals surface area contributed by atoms with Crippen LogP contribution in [0.2, 0.25) is 0 Å². The molecule has 1 fully saturated rings. The van der Waals surface area contributed by atoms with Gasteiger partial charge in [0.15, 0.2) is 5.82 Å². The number of hydrogen-bond acceptors (Lipinski definition) is 3. The van der Waals surface area contributed by atoms with Crippen LogP contribution in [0.25, 0.3) is 11.4 Å². The molecule has 5 heteroatoms. The molecule has 0 amide bonds. The van der Waals surface area contributed by atoms with Crippen LogP contribution in [-0.2, 0) is 6.54 Å². The van der Waals surface area contributed by atoms with Crippen LogP contribution in [0.3, 0.4) is 0 Å². The van der Waals surface area contributed by atoms with Gasteiger partial charge in [-0.05, 0) is 31.0 Å². The molecule has 1 aliphatic rings. The molecule has 0 saturated heterocycles. The van der Waals surface area contributed by atoms with Crippen molar-refractivity contribution >= 4 is 15.9 Å². The van der Waals surface area contributed by atoms with E-state index >= 15 is 0 Å². The predicted octanol–water partition coefficient (Wildman–Crippen LogP) is 3.30. The van der Waals surface area contributed by atoms with Gasteiger partial charge < -0.3 is 5.32 Å². The van der Waals surface area contributed by atoms with Crippen molar-refractivity contribution in [2.75, 3.05) is 0 Å². The molecule has 0 atom stereocenters. The van der Waals surface area contributed by atoms with Crippen molar-refractivity contribution in [3.05, 3.63) is 46.4 Å². The standard InChI is InChI=1S/C14H13BrFN3/c15-13-4-1-10(16)5-12(13)14-18-7-9(8-19-14)6-17-11-2-3-11/h1,4-5,7-8,11,17H,2-3,6H2. The van der Waals surface area contributed by atoms with Crippen LogP contribution >= 0.6 is 15.9 Å². The van der Waals surface area contributed by atoms with E-state index in [0.717, 1.165) is 16.6 Å². The highest BCUT2D eigenvalue weighted by atomic mass is 79.9. The second-order valence-electron chi connectivity index (χ2n) is 4.69. The predicted molar refractivity (Wildman–Crippen MR) is 75.0 cm³/mol. The Morgan fingerprint density at radius 1 is 1.26 bits per heavy atom. The van der Waals surface area contributed by atoms with Crippen LogP contribution in [0.1, 0.15) is 18.4 Å². The van der Waals surface area contributed by atoms with E-state index in [1.54, 1.807) is 18.5 Å². The molecule has 1 N–H and O–H groups in total. The summed E-state index contributed by atoms with van der Waals surface area (Å²) in [4.78, 5) is 8.60. The van der Waals surface area contributed by atoms with Crippen molar-refractivity contribution < 1.29 is 4.39 Å². The van der Waals surface area contributed by atoms with Crippen LogP contribution < -0.4 is 5.32 Å². The third kappa shape index (κ3) is 3.16. The van der Waals surface area contributed by atoms with Crippen molar-refractivity contribution in [1.82, 2.24) is 15.3 Å². The van der Waals surface area contributed by atoms with E-state index < -0.39 is 0 Å². The topological polar surface area (TPSA) is 37.8 Å². The Morgan fingerprint density at radius 2 is 2.00 bits per heavy atom. The van der Waals surface area contributed by atoms with E-state index in [0.29, 0.717) is 17.4 Å². The largest absolute Gasteiger partial charge is 0.310 e. The van der Waals surface area contributed by atoms with Crippen LogP contribution in [0, 0.1) is 5.82 Å². The van der Waals surface area contributed by atoms with Crippen LogP contribution in [0.5, 0.6) is 0 Å². The lowest BCUT2D eigenvalue weighted by atomic mass is 10.2. The molecule has 0 spiro atoms. The van der Waals surface area contributed by atoms with Gasteiger partial charge in [0.05, 0.1) is 0 Å². The van der Waals surface area contributed by atoms with Gasteiger partial charge in [0, 0.05) is 40.6 Å². The molecule has 3 nitrogen and oxygen atoms in total. The van der Waals surface area contributed by atoms with Gasteiger partial charge in [-0.15, -0.1) is 0 Å². The van der Waals surface area contributed by atoms with Gasteiger partial charge in [0.1, 0.15) is 5.82 Å². The molecule has 0 radical (unpaired) electrons. The van der Waals surface area contributed by atoms with Gasteiger partial charge in [-0.3, -0.25) is 0 Å². The Morgan fingerprint density at radius 3 is 2.68 bits per heavy atom. The van der Waals surface area contributed by atoms with E-state index in [1.807, 2.05) is 0 Å². The summed E-state index contributed by atoms with van der Waals surface area (Å²) in [6.07, 6.45) is 6.09. The highest BCUT2D eigenvalue weighted by molar-refractivity contribution is 9.10. The lowest BCUT2D eigenvalue weighted by molar-refractivity contribution is 0.628. The molecule has 1 aliphatic carbocycles. The lowest BCUT2D eigenvalue weighted by Crippen LogP contribution is -2.15. The molecule has 1 saturated carbocycles. The van der Waals surface area contributed by atoms with Crippen molar-refractivity contribution in [2.45, 2.75) is 25.4 Å². The zero-order chi connectivity index (χ0) is 13.2. The Bertz CT molecular complexity index is 582. The third-order valence-electron chi connectivity index (χ3n) is 3.05. The highest BCUT2D eigenvalue weighted by Crippen LogP contribution is 2.26. The molecule has 3 rings (SSSR count). The molecule has 0 unspecified atom stereocenters. The summed E-state index contributed by atoms with van der Waals surface area (Å²) in [7, 11) is 0. The van der Waals surface area contributed by atoms with Gasteiger partial charge >= 0.3 is 0 Å². The van der Waals surface area contributed by atoms with Gasteiger partial charge in [0.2, 0.25) is 0 Å². The molecule has 2 aromatic rings. The minimum absolute atomic E-state index is 0.290. The minimum atomic E-state index is -0.290. The smallest absolute Gasteiger partial charge is 0.160 e. The molecular formula is C14H13BrFN3. The summed E-state index contributed by atoms with van der Waals surface area (Å²) >= 11 is 3.38. The lowest BCUT2D eigenvalue weighted by Gasteiger charge is -2.05. The first-order valence-corrected chi connectivity index (χ1v) is 7.01. The third-order valence-corrected chi connectivity index (χ3v) is 3.74. The van der Waals surface area contributed by atoms with Crippen molar-refractivity contribution in [3.63, 3.8) is 0 Å². The fourth-order valence-electron chi connectivity index (χ4n) is 1.80. The summed E-state index contributed by atoms with van der Waals surface area (Å²) in [6.45, 7) is 0.787. The monoisotopic (exact) mass is 321 g/mol. The fourth-order valence-corrected chi connectivity index (χ4v) is 2.23. The van der Waals surface area contributed by atoms with Crippen LogP contribution in [-0.4, -0.2) is 16.0 Å². The van der Waals surface area contributed by atoms with Crippen molar-refractivity contribution in [3.8, 4) is 11.4 Å². The maximum atomic E-state index is 13.2. The van der Waals surface area contributed by atoms with Crippen LogP contribution in [0.4, 0.5) is 4.39 Å². The Kier molecular flexibility index (Phi) is 3.57. The number of aromatic nitrogens is 2. The van der Waals surface area contributed by atoms with E-state index in [-0.39, 0.29) is 5.82 Å². The van der Waals surface area contributed by atoms with Crippen molar-refractivity contribution in [1.29, 1.82) is 0 Å². The maximum absolute atomic E-state index is 13.2. The summed E-state index contributed by atoms with van der Waals surface area (Å²) in [5.74, 6) is 0.239. The molecule has 1 heterocycles. The van der Waals surface area contributed by atoms with Gasteiger partial charge in [-0.1, -0.05) is 15.9 Å².